The Balaban J connectivity index is 1.34. The molecule has 1 aliphatic heterocycles. The summed E-state index contributed by atoms with van der Waals surface area (Å²) in [6.45, 7) is 0.605. The molecule has 0 radical (unpaired) electrons. The normalized spacial score (nSPS) is 18.7. The van der Waals surface area contributed by atoms with Crippen LogP contribution in [0.5, 0.6) is 0 Å². The van der Waals surface area contributed by atoms with Crippen LogP contribution in [0, 0.1) is 5.92 Å². The molecule has 1 unspecified atom stereocenters. The van der Waals surface area contributed by atoms with Crippen LogP contribution < -0.4 is 5.32 Å². The SMILES string of the molecule is O=C(CCc1csc(-c2cccnc2)n1)NCCCC1CCS(=O)(=O)C1. The quantitative estimate of drug-likeness (QED) is 0.696. The van der Waals surface area contributed by atoms with Crippen molar-refractivity contribution in [1.82, 2.24) is 15.3 Å². The number of thiazole rings is 1. The number of carbonyl (C=O) groups excluding carboxylic acids is 1. The molecular formula is C18H23N3O3S2. The summed E-state index contributed by atoms with van der Waals surface area (Å²) in [6.07, 6.45) is 6.99. The number of amides is 1. The van der Waals surface area contributed by atoms with Crippen LogP contribution in [0.4, 0.5) is 0 Å². The Kier molecular flexibility index (Phi) is 6.37. The molecule has 0 aliphatic carbocycles. The average Bonchev–Trinajstić information content (AvgIpc) is 3.24. The van der Waals surface area contributed by atoms with Crippen LogP contribution >= 0.6 is 11.3 Å². The van der Waals surface area contributed by atoms with Gasteiger partial charge in [-0.2, -0.15) is 0 Å². The second kappa shape index (κ2) is 8.73. The fourth-order valence-corrected chi connectivity index (χ4v) is 5.85. The fraction of sp³-hybridized carbons (Fsp3) is 0.500. The van der Waals surface area contributed by atoms with Crippen molar-refractivity contribution in [2.45, 2.75) is 32.1 Å². The van der Waals surface area contributed by atoms with E-state index in [1.54, 1.807) is 23.7 Å². The molecule has 140 valence electrons. The summed E-state index contributed by atoms with van der Waals surface area (Å²) in [6, 6.07) is 3.85. The molecule has 1 N–H and O–H groups in total. The Morgan fingerprint density at radius 2 is 2.27 bits per heavy atom. The van der Waals surface area contributed by atoms with E-state index in [2.05, 4.69) is 15.3 Å². The first kappa shape index (κ1) is 19.0. The highest BCUT2D eigenvalue weighted by Crippen LogP contribution is 2.23. The maximum Gasteiger partial charge on any atom is 0.220 e. The number of aryl methyl sites for hydroxylation is 1. The molecule has 8 heteroatoms. The Hall–Kier alpha value is -1.80. The van der Waals surface area contributed by atoms with Crippen molar-refractivity contribution in [2.24, 2.45) is 5.92 Å². The molecule has 1 aliphatic rings. The van der Waals surface area contributed by atoms with Gasteiger partial charge in [-0.1, -0.05) is 0 Å². The number of nitrogens with zero attached hydrogens (tertiary/aromatic N) is 2. The van der Waals surface area contributed by atoms with Gasteiger partial charge in [-0.15, -0.1) is 11.3 Å². The van der Waals surface area contributed by atoms with Gasteiger partial charge in [0.2, 0.25) is 5.91 Å². The number of hydrogen-bond acceptors (Lipinski definition) is 6. The number of sulfone groups is 1. The minimum absolute atomic E-state index is 0.0139. The van der Waals surface area contributed by atoms with E-state index >= 15 is 0 Å². The molecule has 0 saturated carbocycles. The van der Waals surface area contributed by atoms with Crippen LogP contribution in [0.25, 0.3) is 10.6 Å². The minimum atomic E-state index is -2.80. The van der Waals surface area contributed by atoms with Crippen LogP contribution in [0.1, 0.15) is 31.4 Å². The van der Waals surface area contributed by atoms with Gasteiger partial charge in [-0.25, -0.2) is 13.4 Å². The summed E-state index contributed by atoms with van der Waals surface area (Å²) in [4.78, 5) is 20.6. The van der Waals surface area contributed by atoms with E-state index in [0.717, 1.165) is 35.5 Å². The largest absolute Gasteiger partial charge is 0.356 e. The van der Waals surface area contributed by atoms with Gasteiger partial charge in [0.1, 0.15) is 5.01 Å². The van der Waals surface area contributed by atoms with Crippen molar-refractivity contribution >= 4 is 27.1 Å². The van der Waals surface area contributed by atoms with Crippen LogP contribution in [-0.4, -0.2) is 42.3 Å². The predicted molar refractivity (Wildman–Crippen MR) is 103 cm³/mol. The van der Waals surface area contributed by atoms with E-state index in [-0.39, 0.29) is 11.8 Å². The van der Waals surface area contributed by atoms with Gasteiger partial charge in [0.25, 0.3) is 0 Å². The Bertz CT molecular complexity index is 834. The molecule has 0 aromatic carbocycles. The van der Waals surface area contributed by atoms with Crippen LogP contribution in [0.3, 0.4) is 0 Å². The van der Waals surface area contributed by atoms with Crippen molar-refractivity contribution in [3.8, 4) is 10.6 Å². The first-order valence-corrected chi connectivity index (χ1v) is 11.5. The fourth-order valence-electron chi connectivity index (χ4n) is 3.09. The highest BCUT2D eigenvalue weighted by molar-refractivity contribution is 7.91. The van der Waals surface area contributed by atoms with Gasteiger partial charge in [-0.3, -0.25) is 9.78 Å². The van der Waals surface area contributed by atoms with Gasteiger partial charge < -0.3 is 5.32 Å². The molecule has 26 heavy (non-hydrogen) atoms. The molecule has 1 amide bonds. The molecule has 0 spiro atoms. The third-order valence-electron chi connectivity index (χ3n) is 4.51. The average molecular weight is 394 g/mol. The second-order valence-corrected chi connectivity index (χ2v) is 9.73. The lowest BCUT2D eigenvalue weighted by atomic mass is 10.0. The number of hydrogen-bond donors (Lipinski definition) is 1. The maximum absolute atomic E-state index is 12.0. The third kappa shape index (κ3) is 5.60. The predicted octanol–water partition coefficient (Wildman–Crippen LogP) is 2.47. The summed E-state index contributed by atoms with van der Waals surface area (Å²) < 4.78 is 22.8. The van der Waals surface area contributed by atoms with E-state index in [1.807, 2.05) is 17.5 Å². The molecule has 0 bridgehead atoms. The number of nitrogens with one attached hydrogen (secondary N) is 1. The summed E-state index contributed by atoms with van der Waals surface area (Å²) in [7, 11) is -2.80. The zero-order chi connectivity index (χ0) is 18.4. The van der Waals surface area contributed by atoms with Gasteiger partial charge in [0.05, 0.1) is 17.2 Å². The van der Waals surface area contributed by atoms with Gasteiger partial charge in [0.15, 0.2) is 9.84 Å². The van der Waals surface area contributed by atoms with Gasteiger partial charge in [-0.05, 0) is 43.7 Å². The smallest absolute Gasteiger partial charge is 0.220 e. The number of carbonyl (C=O) groups is 1. The highest BCUT2D eigenvalue weighted by atomic mass is 32.2. The Morgan fingerprint density at radius 1 is 1.38 bits per heavy atom. The van der Waals surface area contributed by atoms with Crippen LogP contribution in [-0.2, 0) is 21.1 Å². The topological polar surface area (TPSA) is 89.0 Å². The van der Waals surface area contributed by atoms with Gasteiger partial charge in [0, 0.05) is 36.3 Å². The zero-order valence-corrected chi connectivity index (χ0v) is 16.2. The monoisotopic (exact) mass is 393 g/mol. The van der Waals surface area contributed by atoms with Crippen molar-refractivity contribution in [3.63, 3.8) is 0 Å². The molecule has 1 fully saturated rings. The van der Waals surface area contributed by atoms with Crippen molar-refractivity contribution in [1.29, 1.82) is 0 Å². The molecule has 3 rings (SSSR count). The highest BCUT2D eigenvalue weighted by Gasteiger charge is 2.27. The molecule has 2 aromatic heterocycles. The molecule has 3 heterocycles. The summed E-state index contributed by atoms with van der Waals surface area (Å²) in [5.74, 6) is 0.903. The molecular weight excluding hydrogens is 370 g/mol. The molecule has 6 nitrogen and oxygen atoms in total. The lowest BCUT2D eigenvalue weighted by Crippen LogP contribution is -2.25. The van der Waals surface area contributed by atoms with Crippen molar-refractivity contribution in [2.75, 3.05) is 18.1 Å². The number of rotatable bonds is 8. The van der Waals surface area contributed by atoms with E-state index in [9.17, 15) is 13.2 Å². The standard InChI is InChI=1S/C18H23N3O3S2/c22-17(20-9-1-3-14-7-10-26(23,24)13-14)6-5-16-12-25-18(21-16)15-4-2-8-19-11-15/h2,4,8,11-12,14H,1,3,5-7,9-10,13H2,(H,20,22). The first-order chi connectivity index (χ1) is 12.5. The minimum Gasteiger partial charge on any atom is -0.356 e. The van der Waals surface area contributed by atoms with Crippen LogP contribution in [0.2, 0.25) is 0 Å². The summed E-state index contributed by atoms with van der Waals surface area (Å²) in [5, 5.41) is 5.81. The van der Waals surface area contributed by atoms with Crippen molar-refractivity contribution < 1.29 is 13.2 Å². The Morgan fingerprint density at radius 3 is 3.00 bits per heavy atom. The Labute approximate surface area is 158 Å². The maximum atomic E-state index is 12.0. The summed E-state index contributed by atoms with van der Waals surface area (Å²) in [5.41, 5.74) is 1.90. The second-order valence-electron chi connectivity index (χ2n) is 6.65. The zero-order valence-electron chi connectivity index (χ0n) is 14.6. The van der Waals surface area contributed by atoms with Crippen LogP contribution in [0.15, 0.2) is 29.9 Å². The van der Waals surface area contributed by atoms with Gasteiger partial charge >= 0.3 is 0 Å². The summed E-state index contributed by atoms with van der Waals surface area (Å²) >= 11 is 1.56. The number of pyridine rings is 1. The first-order valence-electron chi connectivity index (χ1n) is 8.84. The lowest BCUT2D eigenvalue weighted by molar-refractivity contribution is -0.121. The van der Waals surface area contributed by atoms with E-state index < -0.39 is 9.84 Å². The van der Waals surface area contributed by atoms with E-state index in [1.165, 1.54) is 0 Å². The molecule has 1 atom stereocenters. The van der Waals surface area contributed by atoms with E-state index in [0.29, 0.717) is 30.9 Å². The molecule has 2 aromatic rings. The van der Waals surface area contributed by atoms with E-state index in [4.69, 9.17) is 0 Å². The molecule has 1 saturated heterocycles. The van der Waals surface area contributed by atoms with Crippen molar-refractivity contribution in [3.05, 3.63) is 35.6 Å². The number of aromatic nitrogens is 2. The lowest BCUT2D eigenvalue weighted by Gasteiger charge is -2.08. The third-order valence-corrected chi connectivity index (χ3v) is 7.28.